The number of imidazole rings is 1. The van der Waals surface area contributed by atoms with Crippen molar-refractivity contribution in [2.45, 2.75) is 25.5 Å². The number of aliphatic hydroxyl groups is 1. The van der Waals surface area contributed by atoms with Gasteiger partial charge in [0, 0.05) is 18.0 Å². The molecule has 0 fully saturated rings. The van der Waals surface area contributed by atoms with Gasteiger partial charge in [-0.25, -0.2) is 18.3 Å². The molecule has 0 spiro atoms. The molecule has 0 saturated carbocycles. The molecule has 9 heteroatoms. The molecule has 28 heavy (non-hydrogen) atoms. The molecule has 0 aliphatic heterocycles. The summed E-state index contributed by atoms with van der Waals surface area (Å²) in [6, 6.07) is 6.66. The molecule has 4 rings (SSSR count). The van der Waals surface area contributed by atoms with E-state index in [9.17, 15) is 13.9 Å². The summed E-state index contributed by atoms with van der Waals surface area (Å²) in [5.74, 6) is -1.55. The molecule has 3 aromatic heterocycles. The zero-order chi connectivity index (χ0) is 19.7. The maximum Gasteiger partial charge on any atom is 0.214 e. The van der Waals surface area contributed by atoms with Gasteiger partial charge in [-0.1, -0.05) is 24.3 Å². The second-order valence-corrected chi connectivity index (χ2v) is 7.20. The predicted molar refractivity (Wildman–Crippen MR) is 103 cm³/mol. The lowest BCUT2D eigenvalue weighted by molar-refractivity contribution is 0.143. The summed E-state index contributed by atoms with van der Waals surface area (Å²) in [5, 5.41) is 18.5. The van der Waals surface area contributed by atoms with Gasteiger partial charge in [0.15, 0.2) is 0 Å². The highest BCUT2D eigenvalue weighted by molar-refractivity contribution is 7.20. The van der Waals surface area contributed by atoms with Gasteiger partial charge >= 0.3 is 0 Å². The van der Waals surface area contributed by atoms with Crippen LogP contribution in [0.3, 0.4) is 0 Å². The van der Waals surface area contributed by atoms with Crippen molar-refractivity contribution in [2.75, 3.05) is 5.32 Å². The highest BCUT2D eigenvalue weighted by Gasteiger charge is 2.26. The third-order valence-corrected chi connectivity index (χ3v) is 5.28. The van der Waals surface area contributed by atoms with Crippen LogP contribution in [0.25, 0.3) is 16.2 Å². The van der Waals surface area contributed by atoms with E-state index in [4.69, 9.17) is 0 Å². The van der Waals surface area contributed by atoms with Crippen molar-refractivity contribution in [1.82, 2.24) is 19.6 Å². The van der Waals surface area contributed by atoms with Crippen molar-refractivity contribution in [1.29, 1.82) is 0 Å². The van der Waals surface area contributed by atoms with E-state index in [-0.39, 0.29) is 5.56 Å². The lowest BCUT2D eigenvalue weighted by atomic mass is 9.99. The Kier molecular flexibility index (Phi) is 5.01. The molecular weight excluding hydrogens is 384 g/mol. The summed E-state index contributed by atoms with van der Waals surface area (Å²) in [6.07, 6.45) is 4.28. The minimum Gasteiger partial charge on any atom is -0.386 e. The van der Waals surface area contributed by atoms with E-state index >= 15 is 0 Å². The number of fused-ring (bicyclic) bond motifs is 1. The summed E-state index contributed by atoms with van der Waals surface area (Å²) >= 11 is 1.29. The Hall–Kier alpha value is -2.91. The van der Waals surface area contributed by atoms with Crippen LogP contribution in [0.15, 0.2) is 48.9 Å². The van der Waals surface area contributed by atoms with Crippen LogP contribution in [-0.4, -0.2) is 30.7 Å². The molecule has 2 N–H and O–H groups in total. The normalized spacial score (nSPS) is 13.6. The molecule has 6 nitrogen and oxygen atoms in total. The first kappa shape index (κ1) is 18.5. The van der Waals surface area contributed by atoms with Crippen LogP contribution in [0.4, 0.5) is 13.9 Å². The van der Waals surface area contributed by atoms with E-state index in [2.05, 4.69) is 20.4 Å². The van der Waals surface area contributed by atoms with Crippen LogP contribution < -0.4 is 5.32 Å². The van der Waals surface area contributed by atoms with Gasteiger partial charge in [0.05, 0.1) is 23.5 Å². The van der Waals surface area contributed by atoms with Crippen molar-refractivity contribution in [2.24, 2.45) is 0 Å². The van der Waals surface area contributed by atoms with Gasteiger partial charge in [0.2, 0.25) is 10.1 Å². The minimum absolute atomic E-state index is 0.345. The summed E-state index contributed by atoms with van der Waals surface area (Å²) in [7, 11) is 0. The van der Waals surface area contributed by atoms with E-state index in [0.29, 0.717) is 16.5 Å². The van der Waals surface area contributed by atoms with E-state index < -0.39 is 23.8 Å². The summed E-state index contributed by atoms with van der Waals surface area (Å²) in [6.45, 7) is 1.82. The molecule has 4 aromatic rings. The predicted octanol–water partition coefficient (Wildman–Crippen LogP) is 4.06. The van der Waals surface area contributed by atoms with Crippen LogP contribution in [0.1, 0.15) is 25.0 Å². The standard InChI is InChI=1S/C19H17F2N5OS/c1-2-14(17(27)16-12(20)6-3-7-13(16)21)23-18-25-26-10-15(24-19(26)28-18)11-5-4-8-22-9-11/h3-10,14,17,27H,2H2,1H3,(H,23,25). The average molecular weight is 401 g/mol. The fraction of sp³-hybridized carbons (Fsp3) is 0.211. The van der Waals surface area contributed by atoms with Crippen molar-refractivity contribution in [3.63, 3.8) is 0 Å². The first-order chi connectivity index (χ1) is 13.6. The topological polar surface area (TPSA) is 75.3 Å². The number of benzene rings is 1. The monoisotopic (exact) mass is 401 g/mol. The number of hydrogen-bond donors (Lipinski definition) is 2. The number of rotatable bonds is 6. The molecule has 1 aromatic carbocycles. The summed E-state index contributed by atoms with van der Waals surface area (Å²) in [5.41, 5.74) is 1.28. The molecule has 0 aliphatic carbocycles. The van der Waals surface area contributed by atoms with Crippen LogP contribution >= 0.6 is 11.3 Å². The number of hydrogen-bond acceptors (Lipinski definition) is 6. The summed E-state index contributed by atoms with van der Waals surface area (Å²) in [4.78, 5) is 9.26. The third-order valence-electron chi connectivity index (χ3n) is 4.43. The lowest BCUT2D eigenvalue weighted by Gasteiger charge is -2.23. The highest BCUT2D eigenvalue weighted by Crippen LogP contribution is 2.29. The minimum atomic E-state index is -1.35. The zero-order valence-corrected chi connectivity index (χ0v) is 15.7. The molecule has 2 unspecified atom stereocenters. The number of halogens is 2. The maximum atomic E-state index is 14.0. The maximum absolute atomic E-state index is 14.0. The fourth-order valence-electron chi connectivity index (χ4n) is 2.97. The third kappa shape index (κ3) is 3.46. The van der Waals surface area contributed by atoms with Crippen LogP contribution in [0.2, 0.25) is 0 Å². The number of anilines is 1. The average Bonchev–Trinajstić information content (AvgIpc) is 3.25. The van der Waals surface area contributed by atoms with E-state index in [1.165, 1.54) is 17.4 Å². The van der Waals surface area contributed by atoms with Gasteiger partial charge in [-0.2, -0.15) is 0 Å². The van der Waals surface area contributed by atoms with E-state index in [1.54, 1.807) is 23.1 Å². The number of nitrogens with zero attached hydrogens (tertiary/aromatic N) is 4. The van der Waals surface area contributed by atoms with E-state index in [1.807, 2.05) is 19.1 Å². The Labute approximate surface area is 163 Å². The van der Waals surface area contributed by atoms with Crippen LogP contribution in [-0.2, 0) is 0 Å². The molecule has 0 saturated heterocycles. The number of aromatic nitrogens is 4. The Morgan fingerprint density at radius 3 is 2.64 bits per heavy atom. The largest absolute Gasteiger partial charge is 0.386 e. The Bertz CT molecular complexity index is 1050. The molecule has 3 heterocycles. The molecule has 0 aliphatic rings. The quantitative estimate of drug-likeness (QED) is 0.510. The van der Waals surface area contributed by atoms with Crippen LogP contribution in [0.5, 0.6) is 0 Å². The van der Waals surface area contributed by atoms with Gasteiger partial charge in [-0.05, 0) is 30.7 Å². The second-order valence-electron chi connectivity index (χ2n) is 6.24. The Morgan fingerprint density at radius 1 is 1.21 bits per heavy atom. The Balaban J connectivity index is 1.57. The van der Waals surface area contributed by atoms with Crippen molar-refractivity contribution < 1.29 is 13.9 Å². The number of pyridine rings is 1. The SMILES string of the molecule is CCC(Nc1nn2cc(-c3cccnc3)nc2s1)C(O)c1c(F)cccc1F. The number of nitrogens with one attached hydrogen (secondary N) is 1. The highest BCUT2D eigenvalue weighted by atomic mass is 32.1. The van der Waals surface area contributed by atoms with Crippen molar-refractivity contribution in [3.8, 4) is 11.3 Å². The second kappa shape index (κ2) is 7.61. The number of aliphatic hydroxyl groups excluding tert-OH is 1. The van der Waals surface area contributed by atoms with Crippen LogP contribution in [0, 0.1) is 11.6 Å². The first-order valence-electron chi connectivity index (χ1n) is 8.72. The molecule has 2 atom stereocenters. The molecule has 144 valence electrons. The molecule has 0 bridgehead atoms. The lowest BCUT2D eigenvalue weighted by Crippen LogP contribution is -2.28. The Morgan fingerprint density at radius 2 is 2.00 bits per heavy atom. The van der Waals surface area contributed by atoms with Gasteiger partial charge < -0.3 is 10.4 Å². The molecule has 0 radical (unpaired) electrons. The smallest absolute Gasteiger partial charge is 0.214 e. The van der Waals surface area contributed by atoms with E-state index in [0.717, 1.165) is 23.4 Å². The van der Waals surface area contributed by atoms with Crippen molar-refractivity contribution >= 4 is 21.4 Å². The summed E-state index contributed by atoms with van der Waals surface area (Å²) < 4.78 is 29.6. The van der Waals surface area contributed by atoms with Gasteiger partial charge in [-0.3, -0.25) is 4.98 Å². The van der Waals surface area contributed by atoms with Crippen molar-refractivity contribution in [3.05, 3.63) is 66.1 Å². The zero-order valence-electron chi connectivity index (χ0n) is 14.9. The van der Waals surface area contributed by atoms with Gasteiger partial charge in [0.25, 0.3) is 0 Å². The fourth-order valence-corrected chi connectivity index (χ4v) is 3.81. The van der Waals surface area contributed by atoms with Gasteiger partial charge in [-0.15, -0.1) is 5.10 Å². The first-order valence-corrected chi connectivity index (χ1v) is 9.53. The molecular formula is C19H17F2N5OS. The molecule has 0 amide bonds. The van der Waals surface area contributed by atoms with Gasteiger partial charge in [0.1, 0.15) is 17.7 Å².